The number of hydrogen-bond donors (Lipinski definition) is 2. The third-order valence-corrected chi connectivity index (χ3v) is 3.73. The van der Waals surface area contributed by atoms with Crippen molar-refractivity contribution >= 4 is 27.6 Å². The van der Waals surface area contributed by atoms with Crippen LogP contribution < -0.4 is 10.2 Å². The van der Waals surface area contributed by atoms with E-state index in [9.17, 15) is 0 Å². The first-order valence-electron chi connectivity index (χ1n) is 6.59. The van der Waals surface area contributed by atoms with Gasteiger partial charge in [-0.05, 0) is 12.1 Å². The summed E-state index contributed by atoms with van der Waals surface area (Å²) < 4.78 is 0. The number of piperazine rings is 1. The van der Waals surface area contributed by atoms with Crippen LogP contribution in [0.2, 0.25) is 0 Å². The molecule has 1 saturated heterocycles. The molecule has 96 valence electrons. The van der Waals surface area contributed by atoms with Gasteiger partial charge in [0.05, 0.1) is 0 Å². The lowest BCUT2D eigenvalue weighted by Gasteiger charge is -2.30. The fourth-order valence-corrected chi connectivity index (χ4v) is 2.84. The molecule has 4 rings (SSSR count). The minimum atomic E-state index is 0.910. The van der Waals surface area contributed by atoms with Gasteiger partial charge in [0.2, 0.25) is 0 Å². The molecule has 0 spiro atoms. The molecule has 3 heterocycles. The Morgan fingerprint density at radius 2 is 2.05 bits per heavy atom. The normalized spacial score (nSPS) is 16.3. The minimum absolute atomic E-state index is 0.910. The molecule has 5 heteroatoms. The molecule has 1 aromatic carbocycles. The summed E-state index contributed by atoms with van der Waals surface area (Å²) in [5, 5.41) is 5.73. The third kappa shape index (κ3) is 1.66. The topological polar surface area (TPSA) is 56.8 Å². The van der Waals surface area contributed by atoms with E-state index in [0.717, 1.165) is 42.7 Å². The second-order valence-electron chi connectivity index (χ2n) is 4.85. The summed E-state index contributed by atoms with van der Waals surface area (Å²) in [5.41, 5.74) is 3.32. The Morgan fingerprint density at radius 3 is 2.95 bits per heavy atom. The highest BCUT2D eigenvalue weighted by Crippen LogP contribution is 2.32. The number of aromatic nitrogens is 3. The van der Waals surface area contributed by atoms with Gasteiger partial charge in [0.15, 0.2) is 0 Å². The zero-order valence-corrected chi connectivity index (χ0v) is 10.6. The van der Waals surface area contributed by atoms with Crippen molar-refractivity contribution in [1.82, 2.24) is 20.3 Å². The van der Waals surface area contributed by atoms with Gasteiger partial charge in [-0.2, -0.15) is 0 Å². The zero-order valence-electron chi connectivity index (χ0n) is 10.6. The van der Waals surface area contributed by atoms with E-state index in [1.165, 1.54) is 11.1 Å². The first-order chi connectivity index (χ1) is 9.43. The molecule has 1 fully saturated rings. The van der Waals surface area contributed by atoms with E-state index in [4.69, 9.17) is 0 Å². The highest BCUT2D eigenvalue weighted by molar-refractivity contribution is 6.12. The lowest BCUT2D eigenvalue weighted by molar-refractivity contribution is 0.590. The van der Waals surface area contributed by atoms with Gasteiger partial charge in [0.25, 0.3) is 0 Å². The van der Waals surface area contributed by atoms with Crippen LogP contribution in [0, 0.1) is 0 Å². The van der Waals surface area contributed by atoms with E-state index in [1.54, 1.807) is 6.33 Å². The van der Waals surface area contributed by atoms with Crippen LogP contribution in [0.5, 0.6) is 0 Å². The van der Waals surface area contributed by atoms with Crippen LogP contribution in [0.1, 0.15) is 0 Å². The van der Waals surface area contributed by atoms with E-state index in [2.05, 4.69) is 43.4 Å². The number of nitrogens with zero attached hydrogens (tertiary/aromatic N) is 3. The van der Waals surface area contributed by atoms with E-state index < -0.39 is 0 Å². The molecule has 0 aliphatic carbocycles. The largest absolute Gasteiger partial charge is 0.368 e. The van der Waals surface area contributed by atoms with Gasteiger partial charge in [-0.15, -0.1) is 0 Å². The van der Waals surface area contributed by atoms with Gasteiger partial charge < -0.3 is 15.2 Å². The lowest BCUT2D eigenvalue weighted by Crippen LogP contribution is -2.43. The molecule has 1 aliphatic heterocycles. The molecule has 2 aromatic heterocycles. The molecule has 0 unspecified atom stereocenters. The summed E-state index contributed by atoms with van der Waals surface area (Å²) in [6.07, 6.45) is 3.48. The van der Waals surface area contributed by atoms with Crippen molar-refractivity contribution in [2.24, 2.45) is 0 Å². The number of H-pyrrole nitrogens is 1. The predicted octanol–water partition coefficient (Wildman–Crippen LogP) is 1.52. The molecule has 0 saturated carbocycles. The number of fused-ring (bicyclic) bond motifs is 3. The molecular weight excluding hydrogens is 238 g/mol. The molecule has 19 heavy (non-hydrogen) atoms. The second kappa shape index (κ2) is 4.20. The fraction of sp³-hybridized carbons (Fsp3) is 0.286. The molecule has 2 N–H and O–H groups in total. The Morgan fingerprint density at radius 1 is 1.16 bits per heavy atom. The van der Waals surface area contributed by atoms with Crippen LogP contribution in [0.3, 0.4) is 0 Å². The molecule has 3 aromatic rings. The Hall–Kier alpha value is -2.14. The highest BCUT2D eigenvalue weighted by Gasteiger charge is 2.16. The van der Waals surface area contributed by atoms with Crippen LogP contribution in [-0.2, 0) is 0 Å². The molecule has 5 nitrogen and oxygen atoms in total. The van der Waals surface area contributed by atoms with E-state index in [0.29, 0.717) is 0 Å². The Labute approximate surface area is 110 Å². The maximum atomic E-state index is 4.31. The third-order valence-electron chi connectivity index (χ3n) is 3.73. The van der Waals surface area contributed by atoms with Crippen molar-refractivity contribution < 1.29 is 0 Å². The lowest BCUT2D eigenvalue weighted by atomic mass is 10.1. The summed E-state index contributed by atoms with van der Waals surface area (Å²) >= 11 is 0. The van der Waals surface area contributed by atoms with Gasteiger partial charge in [-0.3, -0.25) is 0 Å². The standard InChI is InChI=1S/C14H15N5/c1-2-11-13(10-8-16-9-17-14(10)18-11)12(3-1)19-6-4-15-5-7-19/h1-3,8-9,15H,4-7H2,(H,16,17,18). The van der Waals surface area contributed by atoms with Gasteiger partial charge in [0, 0.05) is 54.4 Å². The fourth-order valence-electron chi connectivity index (χ4n) is 2.84. The van der Waals surface area contributed by atoms with Crippen LogP contribution in [0.25, 0.3) is 21.9 Å². The number of benzene rings is 1. The summed E-state index contributed by atoms with van der Waals surface area (Å²) in [4.78, 5) is 14.3. The Kier molecular flexibility index (Phi) is 2.38. The molecule has 1 aliphatic rings. The number of aromatic amines is 1. The van der Waals surface area contributed by atoms with Crippen LogP contribution in [-0.4, -0.2) is 41.1 Å². The molecule has 0 bridgehead atoms. The van der Waals surface area contributed by atoms with Crippen molar-refractivity contribution in [3.8, 4) is 0 Å². The van der Waals surface area contributed by atoms with Crippen molar-refractivity contribution in [3.63, 3.8) is 0 Å². The maximum absolute atomic E-state index is 4.31. The molecule has 0 amide bonds. The summed E-state index contributed by atoms with van der Waals surface area (Å²) in [7, 11) is 0. The molecular formula is C14H15N5. The highest BCUT2D eigenvalue weighted by atomic mass is 15.2. The monoisotopic (exact) mass is 253 g/mol. The maximum Gasteiger partial charge on any atom is 0.141 e. The van der Waals surface area contributed by atoms with Crippen LogP contribution in [0.4, 0.5) is 5.69 Å². The number of rotatable bonds is 1. The first kappa shape index (κ1) is 10.8. The van der Waals surface area contributed by atoms with Gasteiger partial charge >= 0.3 is 0 Å². The van der Waals surface area contributed by atoms with Crippen molar-refractivity contribution in [2.45, 2.75) is 0 Å². The van der Waals surface area contributed by atoms with Crippen molar-refractivity contribution in [3.05, 3.63) is 30.7 Å². The average Bonchev–Trinajstić information content (AvgIpc) is 2.86. The second-order valence-corrected chi connectivity index (χ2v) is 4.85. The van der Waals surface area contributed by atoms with E-state index in [-0.39, 0.29) is 0 Å². The van der Waals surface area contributed by atoms with Crippen molar-refractivity contribution in [1.29, 1.82) is 0 Å². The molecule has 0 atom stereocenters. The molecule has 0 radical (unpaired) electrons. The summed E-state index contributed by atoms with van der Waals surface area (Å²) in [6.45, 7) is 4.16. The Balaban J connectivity index is 1.98. The Bertz CT molecular complexity index is 727. The average molecular weight is 253 g/mol. The smallest absolute Gasteiger partial charge is 0.141 e. The van der Waals surface area contributed by atoms with Gasteiger partial charge in [-0.1, -0.05) is 6.07 Å². The number of anilines is 1. The van der Waals surface area contributed by atoms with Crippen molar-refractivity contribution in [2.75, 3.05) is 31.1 Å². The first-order valence-corrected chi connectivity index (χ1v) is 6.59. The summed E-state index contributed by atoms with van der Waals surface area (Å²) in [6, 6.07) is 6.39. The predicted molar refractivity (Wildman–Crippen MR) is 76.5 cm³/mol. The quantitative estimate of drug-likeness (QED) is 0.690. The minimum Gasteiger partial charge on any atom is -0.368 e. The van der Waals surface area contributed by atoms with Gasteiger partial charge in [0.1, 0.15) is 12.0 Å². The number of nitrogens with one attached hydrogen (secondary N) is 2. The number of hydrogen-bond acceptors (Lipinski definition) is 4. The van der Waals surface area contributed by atoms with Crippen LogP contribution >= 0.6 is 0 Å². The van der Waals surface area contributed by atoms with Gasteiger partial charge in [-0.25, -0.2) is 9.97 Å². The SMILES string of the molecule is c1cc(N2CCNCC2)c2c(c1)[nH]c1ncncc12. The van der Waals surface area contributed by atoms with E-state index >= 15 is 0 Å². The summed E-state index contributed by atoms with van der Waals surface area (Å²) in [5.74, 6) is 0. The van der Waals surface area contributed by atoms with E-state index in [1.807, 2.05) is 6.20 Å². The van der Waals surface area contributed by atoms with Crippen LogP contribution in [0.15, 0.2) is 30.7 Å². The zero-order chi connectivity index (χ0) is 12.7.